The molecule has 0 radical (unpaired) electrons. The van der Waals surface area contributed by atoms with E-state index < -0.39 is 0 Å². The van der Waals surface area contributed by atoms with Crippen molar-refractivity contribution in [2.75, 3.05) is 0 Å². The molecule has 0 fully saturated rings. The first kappa shape index (κ1) is 15.1. The second-order valence-corrected chi connectivity index (χ2v) is 5.88. The van der Waals surface area contributed by atoms with Crippen LogP contribution in [-0.4, -0.2) is 5.11 Å². The fraction of sp³-hybridized carbons (Fsp3) is 0.294. The Balaban J connectivity index is 2.19. The summed E-state index contributed by atoms with van der Waals surface area (Å²) in [7, 11) is 0. The van der Waals surface area contributed by atoms with Gasteiger partial charge in [0.25, 0.3) is 0 Å². The zero-order valence-corrected chi connectivity index (χ0v) is 13.4. The molecule has 0 heterocycles. The highest BCUT2D eigenvalue weighted by molar-refractivity contribution is 9.10. The molecule has 2 nitrogen and oxygen atoms in total. The zero-order valence-electron chi connectivity index (χ0n) is 11.8. The number of benzene rings is 2. The second-order valence-electron chi connectivity index (χ2n) is 4.96. The van der Waals surface area contributed by atoms with E-state index in [9.17, 15) is 5.11 Å². The quantitative estimate of drug-likeness (QED) is 0.810. The summed E-state index contributed by atoms with van der Waals surface area (Å²) in [5.74, 6) is 0.341. The number of phenols is 1. The summed E-state index contributed by atoms with van der Waals surface area (Å²) in [4.78, 5) is 0. The lowest BCUT2D eigenvalue weighted by atomic mass is 10.0. The van der Waals surface area contributed by atoms with E-state index in [1.165, 1.54) is 5.56 Å². The molecule has 2 atom stereocenters. The maximum atomic E-state index is 10.1. The average Bonchev–Trinajstić information content (AvgIpc) is 2.48. The van der Waals surface area contributed by atoms with Crippen molar-refractivity contribution in [2.24, 2.45) is 0 Å². The average molecular weight is 334 g/mol. The van der Waals surface area contributed by atoms with Gasteiger partial charge in [-0.25, -0.2) is 0 Å². The molecule has 2 rings (SSSR count). The van der Waals surface area contributed by atoms with Crippen LogP contribution in [-0.2, 0) is 0 Å². The molecule has 2 N–H and O–H groups in total. The first-order valence-corrected chi connectivity index (χ1v) is 7.70. The minimum atomic E-state index is 0.128. The highest BCUT2D eigenvalue weighted by Crippen LogP contribution is 2.31. The number of hydrogen-bond donors (Lipinski definition) is 2. The molecule has 0 aromatic heterocycles. The van der Waals surface area contributed by atoms with Crippen LogP contribution in [0.15, 0.2) is 53.0 Å². The van der Waals surface area contributed by atoms with Gasteiger partial charge in [-0.05, 0) is 37.1 Å². The fourth-order valence-electron chi connectivity index (χ4n) is 2.37. The van der Waals surface area contributed by atoms with E-state index >= 15 is 0 Å². The topological polar surface area (TPSA) is 32.3 Å². The van der Waals surface area contributed by atoms with E-state index in [1.807, 2.05) is 30.3 Å². The lowest BCUT2D eigenvalue weighted by Crippen LogP contribution is -2.24. The third kappa shape index (κ3) is 3.62. The van der Waals surface area contributed by atoms with Gasteiger partial charge in [-0.2, -0.15) is 0 Å². The molecule has 0 amide bonds. The molecular formula is C17H20BrNO. The van der Waals surface area contributed by atoms with Gasteiger partial charge in [0.2, 0.25) is 0 Å². The molecule has 0 aliphatic rings. The van der Waals surface area contributed by atoms with Crippen molar-refractivity contribution in [1.82, 2.24) is 5.32 Å². The zero-order chi connectivity index (χ0) is 14.5. The summed E-state index contributed by atoms with van der Waals surface area (Å²) in [6, 6.07) is 16.3. The van der Waals surface area contributed by atoms with Crippen LogP contribution in [0.1, 0.15) is 43.5 Å². The smallest absolute Gasteiger partial charge is 0.120 e. The Labute approximate surface area is 129 Å². The van der Waals surface area contributed by atoms with E-state index in [0.29, 0.717) is 5.75 Å². The summed E-state index contributed by atoms with van der Waals surface area (Å²) in [6.45, 7) is 4.27. The third-order valence-electron chi connectivity index (χ3n) is 3.52. The molecule has 0 aliphatic heterocycles. The summed E-state index contributed by atoms with van der Waals surface area (Å²) in [6.07, 6.45) is 0.918. The minimum absolute atomic E-state index is 0.128. The molecule has 2 aromatic carbocycles. The Hall–Kier alpha value is -1.32. The lowest BCUT2D eigenvalue weighted by Gasteiger charge is -2.24. The first-order valence-electron chi connectivity index (χ1n) is 6.91. The van der Waals surface area contributed by atoms with Crippen LogP contribution in [0, 0.1) is 0 Å². The van der Waals surface area contributed by atoms with Crippen molar-refractivity contribution >= 4 is 15.9 Å². The van der Waals surface area contributed by atoms with Gasteiger partial charge in [-0.15, -0.1) is 0 Å². The Morgan fingerprint density at radius 1 is 1.15 bits per heavy atom. The fourth-order valence-corrected chi connectivity index (χ4v) is 2.75. The number of rotatable bonds is 5. The largest absolute Gasteiger partial charge is 0.508 e. The van der Waals surface area contributed by atoms with Crippen molar-refractivity contribution in [1.29, 1.82) is 0 Å². The number of hydrogen-bond acceptors (Lipinski definition) is 2. The molecule has 20 heavy (non-hydrogen) atoms. The van der Waals surface area contributed by atoms with Crippen LogP contribution in [0.4, 0.5) is 0 Å². The van der Waals surface area contributed by atoms with Crippen LogP contribution < -0.4 is 5.32 Å². The Morgan fingerprint density at radius 2 is 1.85 bits per heavy atom. The van der Waals surface area contributed by atoms with Gasteiger partial charge in [0.05, 0.1) is 0 Å². The lowest BCUT2D eigenvalue weighted by molar-refractivity contribution is 0.419. The molecule has 1 unspecified atom stereocenters. The number of phenolic OH excluding ortho intramolecular Hbond substituents is 1. The van der Waals surface area contributed by atoms with Gasteiger partial charge in [0, 0.05) is 22.1 Å². The number of aromatic hydroxyl groups is 1. The van der Waals surface area contributed by atoms with Crippen LogP contribution in [0.2, 0.25) is 0 Å². The van der Waals surface area contributed by atoms with Crippen molar-refractivity contribution in [3.05, 3.63) is 64.1 Å². The third-order valence-corrected chi connectivity index (χ3v) is 4.02. The van der Waals surface area contributed by atoms with Crippen molar-refractivity contribution in [3.8, 4) is 5.75 Å². The minimum Gasteiger partial charge on any atom is -0.508 e. The standard InChI is InChI=1S/C17H20BrNO/c1-3-16(15-11-14(18)9-10-17(15)20)19-12(2)13-7-5-4-6-8-13/h4-12,16,19-20H,3H2,1-2H3/t12-,16?/m1/s1. The molecule has 0 saturated carbocycles. The molecular weight excluding hydrogens is 314 g/mol. The second kappa shape index (κ2) is 6.91. The monoisotopic (exact) mass is 333 g/mol. The predicted molar refractivity (Wildman–Crippen MR) is 86.8 cm³/mol. The maximum absolute atomic E-state index is 10.1. The van der Waals surface area contributed by atoms with Crippen LogP contribution in [0.3, 0.4) is 0 Å². The Bertz CT molecular complexity index is 556. The first-order chi connectivity index (χ1) is 9.61. The molecule has 106 valence electrons. The highest BCUT2D eigenvalue weighted by Gasteiger charge is 2.17. The van der Waals surface area contributed by atoms with E-state index in [0.717, 1.165) is 16.5 Å². The van der Waals surface area contributed by atoms with Crippen molar-refractivity contribution < 1.29 is 5.11 Å². The van der Waals surface area contributed by atoms with E-state index in [1.54, 1.807) is 6.07 Å². The van der Waals surface area contributed by atoms with Crippen LogP contribution in [0.5, 0.6) is 5.75 Å². The molecule has 2 aromatic rings. The Kier molecular flexibility index (Phi) is 5.21. The van der Waals surface area contributed by atoms with E-state index in [2.05, 4.69) is 47.2 Å². The van der Waals surface area contributed by atoms with Gasteiger partial charge in [-0.3, -0.25) is 0 Å². The summed E-state index contributed by atoms with van der Waals surface area (Å²) in [5, 5.41) is 13.6. The number of nitrogens with one attached hydrogen (secondary N) is 1. The van der Waals surface area contributed by atoms with E-state index in [-0.39, 0.29) is 12.1 Å². The molecule has 0 bridgehead atoms. The highest BCUT2D eigenvalue weighted by atomic mass is 79.9. The summed E-state index contributed by atoms with van der Waals surface area (Å²) >= 11 is 3.47. The van der Waals surface area contributed by atoms with Crippen molar-refractivity contribution in [3.63, 3.8) is 0 Å². The normalized spacial score (nSPS) is 13.9. The summed E-state index contributed by atoms with van der Waals surface area (Å²) < 4.78 is 0.984. The summed E-state index contributed by atoms with van der Waals surface area (Å²) in [5.41, 5.74) is 2.19. The number of halogens is 1. The molecule has 0 spiro atoms. The molecule has 0 saturated heterocycles. The van der Waals surface area contributed by atoms with Crippen LogP contribution >= 0.6 is 15.9 Å². The van der Waals surface area contributed by atoms with Crippen LogP contribution in [0.25, 0.3) is 0 Å². The SMILES string of the molecule is CCC(N[C@H](C)c1ccccc1)c1cc(Br)ccc1O. The predicted octanol–water partition coefficient (Wildman–Crippen LogP) is 4.96. The maximum Gasteiger partial charge on any atom is 0.120 e. The Morgan fingerprint density at radius 3 is 2.50 bits per heavy atom. The molecule has 3 heteroatoms. The van der Waals surface area contributed by atoms with Gasteiger partial charge in [-0.1, -0.05) is 53.2 Å². The molecule has 0 aliphatic carbocycles. The van der Waals surface area contributed by atoms with Gasteiger partial charge < -0.3 is 10.4 Å². The van der Waals surface area contributed by atoms with Gasteiger partial charge in [0.15, 0.2) is 0 Å². The van der Waals surface area contributed by atoms with Crippen molar-refractivity contribution in [2.45, 2.75) is 32.4 Å². The van der Waals surface area contributed by atoms with Gasteiger partial charge in [0.1, 0.15) is 5.75 Å². The van der Waals surface area contributed by atoms with Gasteiger partial charge >= 0.3 is 0 Å². The van der Waals surface area contributed by atoms with E-state index in [4.69, 9.17) is 0 Å².